The van der Waals surface area contributed by atoms with Crippen molar-refractivity contribution in [3.63, 3.8) is 0 Å². The summed E-state index contributed by atoms with van der Waals surface area (Å²) in [6.45, 7) is 6.17. The predicted molar refractivity (Wildman–Crippen MR) is 104 cm³/mol. The van der Waals surface area contributed by atoms with Crippen molar-refractivity contribution in [2.45, 2.75) is 38.1 Å². The molecule has 1 aliphatic rings. The van der Waals surface area contributed by atoms with Gasteiger partial charge < -0.3 is 15.8 Å². The molecular weight excluding hydrogens is 324 g/mol. The highest BCUT2D eigenvalue weighted by atomic mass is 16.5. The molecule has 2 aromatic rings. The van der Waals surface area contributed by atoms with Crippen LogP contribution in [0.4, 0.5) is 0 Å². The van der Waals surface area contributed by atoms with E-state index in [0.717, 1.165) is 24.0 Å². The molecule has 1 heterocycles. The van der Waals surface area contributed by atoms with Crippen LogP contribution in [0.2, 0.25) is 0 Å². The minimum Gasteiger partial charge on any atom is -0.381 e. The maximum absolute atomic E-state index is 12.7. The van der Waals surface area contributed by atoms with Gasteiger partial charge in [-0.05, 0) is 43.4 Å². The summed E-state index contributed by atoms with van der Waals surface area (Å²) in [4.78, 5) is 12.7. The maximum atomic E-state index is 12.7. The highest BCUT2D eigenvalue weighted by Crippen LogP contribution is 2.36. The van der Waals surface area contributed by atoms with E-state index in [4.69, 9.17) is 10.5 Å². The fourth-order valence-corrected chi connectivity index (χ4v) is 3.76. The Morgan fingerprint density at radius 3 is 2.42 bits per heavy atom. The Bertz CT molecular complexity index is 749. The molecule has 0 aliphatic carbocycles. The zero-order valence-corrected chi connectivity index (χ0v) is 15.6. The average Bonchev–Trinajstić information content (AvgIpc) is 2.67. The van der Waals surface area contributed by atoms with Crippen LogP contribution in [0.1, 0.15) is 41.1 Å². The van der Waals surface area contributed by atoms with Crippen LogP contribution in [0.15, 0.2) is 48.5 Å². The van der Waals surface area contributed by atoms with Gasteiger partial charge in [-0.2, -0.15) is 0 Å². The Morgan fingerprint density at radius 1 is 1.12 bits per heavy atom. The summed E-state index contributed by atoms with van der Waals surface area (Å²) in [6, 6.07) is 15.6. The number of rotatable bonds is 5. The van der Waals surface area contributed by atoms with Gasteiger partial charge in [0.2, 0.25) is 5.91 Å². The van der Waals surface area contributed by atoms with E-state index in [9.17, 15) is 4.79 Å². The van der Waals surface area contributed by atoms with Crippen molar-refractivity contribution in [2.75, 3.05) is 19.8 Å². The third-order valence-electron chi connectivity index (χ3n) is 5.49. The predicted octanol–water partition coefficient (Wildman–Crippen LogP) is 3.17. The first-order valence-electron chi connectivity index (χ1n) is 9.26. The number of ether oxygens (including phenoxy) is 1. The first kappa shape index (κ1) is 18.6. The fourth-order valence-electron chi connectivity index (χ4n) is 3.76. The van der Waals surface area contributed by atoms with E-state index in [1.54, 1.807) is 0 Å². The number of aryl methyl sites for hydroxylation is 2. The van der Waals surface area contributed by atoms with Crippen molar-refractivity contribution in [1.29, 1.82) is 0 Å². The van der Waals surface area contributed by atoms with Gasteiger partial charge in [-0.3, -0.25) is 4.79 Å². The lowest BCUT2D eigenvalue weighted by Crippen LogP contribution is -2.47. The number of nitrogens with two attached hydrogens (primary N) is 1. The van der Waals surface area contributed by atoms with E-state index < -0.39 is 6.04 Å². The molecule has 0 radical (unpaired) electrons. The minimum absolute atomic E-state index is 0.0910. The highest BCUT2D eigenvalue weighted by Gasteiger charge is 2.36. The van der Waals surface area contributed by atoms with E-state index in [0.29, 0.717) is 19.8 Å². The molecule has 2 aromatic carbocycles. The lowest BCUT2D eigenvalue weighted by atomic mass is 9.72. The second-order valence-corrected chi connectivity index (χ2v) is 7.31. The van der Waals surface area contributed by atoms with E-state index in [-0.39, 0.29) is 11.3 Å². The second kappa shape index (κ2) is 8.02. The van der Waals surface area contributed by atoms with Crippen LogP contribution in [0.5, 0.6) is 0 Å². The van der Waals surface area contributed by atoms with Crippen LogP contribution >= 0.6 is 0 Å². The van der Waals surface area contributed by atoms with Crippen LogP contribution in [-0.4, -0.2) is 25.7 Å². The molecule has 0 aromatic heterocycles. The molecule has 0 saturated carbocycles. The molecule has 4 heteroatoms. The smallest absolute Gasteiger partial charge is 0.241 e. The SMILES string of the molecule is Cc1ccc(C(N)C(=O)NCC2(c3ccccc3C)CCOCC2)cc1. The van der Waals surface area contributed by atoms with Gasteiger partial charge in [0.15, 0.2) is 0 Å². The number of hydrogen-bond donors (Lipinski definition) is 2. The molecule has 0 bridgehead atoms. The van der Waals surface area contributed by atoms with Crippen molar-refractivity contribution in [3.8, 4) is 0 Å². The number of carbonyl (C=O) groups is 1. The number of benzene rings is 2. The monoisotopic (exact) mass is 352 g/mol. The van der Waals surface area contributed by atoms with Gasteiger partial charge >= 0.3 is 0 Å². The molecule has 1 aliphatic heterocycles. The van der Waals surface area contributed by atoms with Gasteiger partial charge in [0.05, 0.1) is 0 Å². The third kappa shape index (κ3) is 3.97. The largest absolute Gasteiger partial charge is 0.381 e. The molecular formula is C22H28N2O2. The molecule has 138 valence electrons. The normalized spacial score (nSPS) is 17.5. The number of amides is 1. The zero-order chi connectivity index (χ0) is 18.6. The third-order valence-corrected chi connectivity index (χ3v) is 5.49. The Labute approximate surface area is 155 Å². The molecule has 1 unspecified atom stereocenters. The quantitative estimate of drug-likeness (QED) is 0.869. The van der Waals surface area contributed by atoms with Crippen LogP contribution in [0.3, 0.4) is 0 Å². The Balaban J connectivity index is 1.75. The number of hydrogen-bond acceptors (Lipinski definition) is 3. The molecule has 1 saturated heterocycles. The summed E-state index contributed by atoms with van der Waals surface area (Å²) in [5.74, 6) is -0.131. The van der Waals surface area contributed by atoms with Crippen molar-refractivity contribution in [2.24, 2.45) is 5.73 Å². The van der Waals surface area contributed by atoms with Gasteiger partial charge in [0, 0.05) is 25.2 Å². The summed E-state index contributed by atoms with van der Waals surface area (Å²) in [7, 11) is 0. The van der Waals surface area contributed by atoms with Gasteiger partial charge in [-0.25, -0.2) is 0 Å². The summed E-state index contributed by atoms with van der Waals surface area (Å²) >= 11 is 0. The van der Waals surface area contributed by atoms with Crippen molar-refractivity contribution < 1.29 is 9.53 Å². The summed E-state index contributed by atoms with van der Waals surface area (Å²) < 4.78 is 5.58. The summed E-state index contributed by atoms with van der Waals surface area (Å²) in [5, 5.41) is 3.11. The van der Waals surface area contributed by atoms with E-state index in [1.165, 1.54) is 11.1 Å². The standard InChI is InChI=1S/C22H28N2O2/c1-16-7-9-18(10-8-16)20(23)21(25)24-15-22(11-13-26-14-12-22)19-6-4-3-5-17(19)2/h3-10,20H,11-15,23H2,1-2H3,(H,24,25). The van der Waals surface area contributed by atoms with Gasteiger partial charge in [-0.1, -0.05) is 54.1 Å². The zero-order valence-electron chi connectivity index (χ0n) is 15.6. The molecule has 1 atom stereocenters. The minimum atomic E-state index is -0.649. The second-order valence-electron chi connectivity index (χ2n) is 7.31. The summed E-state index contributed by atoms with van der Waals surface area (Å²) in [5.41, 5.74) is 10.6. The lowest BCUT2D eigenvalue weighted by molar-refractivity contribution is -0.123. The molecule has 1 fully saturated rings. The molecule has 26 heavy (non-hydrogen) atoms. The van der Waals surface area contributed by atoms with Crippen LogP contribution in [0.25, 0.3) is 0 Å². The van der Waals surface area contributed by atoms with Crippen molar-refractivity contribution in [3.05, 3.63) is 70.8 Å². The Morgan fingerprint density at radius 2 is 1.77 bits per heavy atom. The highest BCUT2D eigenvalue weighted by molar-refractivity contribution is 5.83. The number of carbonyl (C=O) groups excluding carboxylic acids is 1. The molecule has 1 amide bonds. The van der Waals surface area contributed by atoms with Crippen molar-refractivity contribution >= 4 is 5.91 Å². The molecule has 3 N–H and O–H groups in total. The summed E-state index contributed by atoms with van der Waals surface area (Å²) in [6.07, 6.45) is 1.80. The maximum Gasteiger partial charge on any atom is 0.241 e. The topological polar surface area (TPSA) is 64.4 Å². The molecule has 4 nitrogen and oxygen atoms in total. The van der Waals surface area contributed by atoms with E-state index in [2.05, 4.69) is 36.5 Å². The van der Waals surface area contributed by atoms with Crippen molar-refractivity contribution in [1.82, 2.24) is 5.32 Å². The van der Waals surface area contributed by atoms with Crippen LogP contribution in [-0.2, 0) is 14.9 Å². The first-order chi connectivity index (χ1) is 12.5. The van der Waals surface area contributed by atoms with Gasteiger partial charge in [0.1, 0.15) is 6.04 Å². The van der Waals surface area contributed by atoms with Crippen LogP contribution < -0.4 is 11.1 Å². The van der Waals surface area contributed by atoms with E-state index in [1.807, 2.05) is 31.2 Å². The first-order valence-corrected chi connectivity index (χ1v) is 9.26. The Kier molecular flexibility index (Phi) is 5.74. The van der Waals surface area contributed by atoms with Crippen LogP contribution in [0, 0.1) is 13.8 Å². The molecule has 3 rings (SSSR count). The number of nitrogens with one attached hydrogen (secondary N) is 1. The lowest BCUT2D eigenvalue weighted by Gasteiger charge is -2.39. The van der Waals surface area contributed by atoms with E-state index >= 15 is 0 Å². The molecule has 0 spiro atoms. The van der Waals surface area contributed by atoms with Gasteiger partial charge in [-0.15, -0.1) is 0 Å². The average molecular weight is 352 g/mol. The fraction of sp³-hybridized carbons (Fsp3) is 0.409. The Hall–Kier alpha value is -2.17. The van der Waals surface area contributed by atoms with Gasteiger partial charge in [0.25, 0.3) is 0 Å².